The standard InChI is InChI=1S/C16H17NS/c1-12-11-16(18-13-7-3-2-4-8-13)14-9-5-6-10-15(14)17-12/h2-10,12,16-17H,11H2,1H3. The van der Waals surface area contributed by atoms with E-state index in [0.29, 0.717) is 11.3 Å². The van der Waals surface area contributed by atoms with Crippen LogP contribution in [-0.2, 0) is 0 Å². The summed E-state index contributed by atoms with van der Waals surface area (Å²) in [6.07, 6.45) is 1.18. The summed E-state index contributed by atoms with van der Waals surface area (Å²) in [7, 11) is 0. The molecule has 1 aliphatic heterocycles. The number of rotatable bonds is 2. The molecule has 2 heteroatoms. The number of thioether (sulfide) groups is 1. The van der Waals surface area contributed by atoms with E-state index in [4.69, 9.17) is 0 Å². The summed E-state index contributed by atoms with van der Waals surface area (Å²) in [4.78, 5) is 1.35. The Hall–Kier alpha value is -1.41. The van der Waals surface area contributed by atoms with Gasteiger partial charge in [0.15, 0.2) is 0 Å². The van der Waals surface area contributed by atoms with E-state index in [9.17, 15) is 0 Å². The van der Waals surface area contributed by atoms with Crippen LogP contribution in [0.1, 0.15) is 24.2 Å². The van der Waals surface area contributed by atoms with E-state index in [1.807, 2.05) is 11.8 Å². The van der Waals surface area contributed by atoms with Crippen molar-refractivity contribution in [3.05, 3.63) is 60.2 Å². The van der Waals surface area contributed by atoms with Gasteiger partial charge in [0.25, 0.3) is 0 Å². The van der Waals surface area contributed by atoms with Crippen LogP contribution in [0.4, 0.5) is 5.69 Å². The maximum Gasteiger partial charge on any atom is 0.0386 e. The Morgan fingerprint density at radius 3 is 2.56 bits per heavy atom. The molecule has 0 aliphatic carbocycles. The van der Waals surface area contributed by atoms with Crippen LogP contribution in [0.2, 0.25) is 0 Å². The highest BCUT2D eigenvalue weighted by Gasteiger charge is 2.24. The van der Waals surface area contributed by atoms with Crippen LogP contribution < -0.4 is 5.32 Å². The number of benzene rings is 2. The van der Waals surface area contributed by atoms with Crippen LogP contribution in [0.25, 0.3) is 0 Å². The summed E-state index contributed by atoms with van der Waals surface area (Å²) in [5.74, 6) is 0. The molecular weight excluding hydrogens is 238 g/mol. The van der Waals surface area contributed by atoms with Gasteiger partial charge in [0.1, 0.15) is 0 Å². The van der Waals surface area contributed by atoms with Crippen LogP contribution in [0.5, 0.6) is 0 Å². The highest BCUT2D eigenvalue weighted by Crippen LogP contribution is 2.44. The van der Waals surface area contributed by atoms with Crippen molar-refractivity contribution >= 4 is 17.4 Å². The molecule has 0 fully saturated rings. The van der Waals surface area contributed by atoms with Gasteiger partial charge in [0.2, 0.25) is 0 Å². The first-order valence-corrected chi connectivity index (χ1v) is 7.28. The normalized spacial score (nSPS) is 22.1. The predicted octanol–water partition coefficient (Wildman–Crippen LogP) is 4.72. The molecule has 0 saturated carbocycles. The van der Waals surface area contributed by atoms with Crippen LogP contribution in [0.3, 0.4) is 0 Å². The molecule has 3 rings (SSSR count). The van der Waals surface area contributed by atoms with E-state index in [1.165, 1.54) is 22.6 Å². The molecule has 2 aromatic rings. The van der Waals surface area contributed by atoms with Crippen LogP contribution in [0.15, 0.2) is 59.5 Å². The summed E-state index contributed by atoms with van der Waals surface area (Å²) < 4.78 is 0. The second kappa shape index (κ2) is 5.07. The Bertz CT molecular complexity index is 524. The molecule has 0 radical (unpaired) electrons. The summed E-state index contributed by atoms with van der Waals surface area (Å²) in [5.41, 5.74) is 2.73. The molecule has 0 spiro atoms. The summed E-state index contributed by atoms with van der Waals surface area (Å²) >= 11 is 1.97. The summed E-state index contributed by atoms with van der Waals surface area (Å²) in [6.45, 7) is 2.26. The third kappa shape index (κ3) is 2.39. The summed E-state index contributed by atoms with van der Waals surface area (Å²) in [5, 5.41) is 4.12. The van der Waals surface area contributed by atoms with E-state index in [2.05, 4.69) is 66.8 Å². The largest absolute Gasteiger partial charge is 0.382 e. The van der Waals surface area contributed by atoms with Gasteiger partial charge in [-0.1, -0.05) is 36.4 Å². The highest BCUT2D eigenvalue weighted by atomic mass is 32.2. The topological polar surface area (TPSA) is 12.0 Å². The average molecular weight is 255 g/mol. The molecule has 2 aromatic carbocycles. The fourth-order valence-electron chi connectivity index (χ4n) is 2.46. The first-order chi connectivity index (χ1) is 8.83. The molecule has 1 heterocycles. The minimum atomic E-state index is 0.543. The molecule has 0 aromatic heterocycles. The van der Waals surface area contributed by atoms with Gasteiger partial charge >= 0.3 is 0 Å². The molecule has 18 heavy (non-hydrogen) atoms. The lowest BCUT2D eigenvalue weighted by molar-refractivity contribution is 0.670. The monoisotopic (exact) mass is 255 g/mol. The van der Waals surface area contributed by atoms with E-state index in [0.717, 1.165) is 0 Å². The maximum atomic E-state index is 3.56. The third-order valence-electron chi connectivity index (χ3n) is 3.30. The number of nitrogens with one attached hydrogen (secondary N) is 1. The van der Waals surface area contributed by atoms with Crippen LogP contribution >= 0.6 is 11.8 Å². The van der Waals surface area contributed by atoms with Crippen molar-refractivity contribution in [2.45, 2.75) is 29.5 Å². The fraction of sp³-hybridized carbons (Fsp3) is 0.250. The molecule has 1 N–H and O–H groups in total. The average Bonchev–Trinajstić information content (AvgIpc) is 2.40. The maximum absolute atomic E-state index is 3.56. The van der Waals surface area contributed by atoms with Gasteiger partial charge in [-0.05, 0) is 37.1 Å². The Morgan fingerprint density at radius 1 is 1.00 bits per heavy atom. The van der Waals surface area contributed by atoms with Gasteiger partial charge in [-0.25, -0.2) is 0 Å². The van der Waals surface area contributed by atoms with Crippen molar-refractivity contribution in [1.29, 1.82) is 0 Å². The van der Waals surface area contributed by atoms with Crippen LogP contribution in [0, 0.1) is 0 Å². The Morgan fingerprint density at radius 2 is 1.72 bits per heavy atom. The van der Waals surface area contributed by atoms with Crippen molar-refractivity contribution in [1.82, 2.24) is 0 Å². The quantitative estimate of drug-likeness (QED) is 0.833. The fourth-order valence-corrected chi connectivity index (χ4v) is 3.82. The van der Waals surface area contributed by atoms with E-state index in [1.54, 1.807) is 0 Å². The Balaban J connectivity index is 1.89. The minimum Gasteiger partial charge on any atom is -0.382 e. The molecule has 1 nitrogen and oxygen atoms in total. The second-order valence-corrected chi connectivity index (χ2v) is 6.06. The molecule has 2 atom stereocenters. The minimum absolute atomic E-state index is 0.543. The van der Waals surface area contributed by atoms with Gasteiger partial charge in [0, 0.05) is 21.9 Å². The molecular formula is C16H17NS. The Labute approximate surface area is 113 Å². The van der Waals surface area contributed by atoms with E-state index in [-0.39, 0.29) is 0 Å². The zero-order valence-electron chi connectivity index (χ0n) is 10.5. The lowest BCUT2D eigenvalue weighted by Gasteiger charge is -2.31. The van der Waals surface area contributed by atoms with Gasteiger partial charge in [-0.15, -0.1) is 11.8 Å². The molecule has 0 amide bonds. The number of fused-ring (bicyclic) bond motifs is 1. The SMILES string of the molecule is CC1CC(Sc2ccccc2)c2ccccc2N1. The lowest BCUT2D eigenvalue weighted by atomic mass is 9.98. The molecule has 0 saturated heterocycles. The first kappa shape index (κ1) is 11.7. The smallest absolute Gasteiger partial charge is 0.0386 e. The second-order valence-electron chi connectivity index (χ2n) is 4.79. The third-order valence-corrected chi connectivity index (χ3v) is 4.57. The van der Waals surface area contributed by atoms with Gasteiger partial charge < -0.3 is 5.32 Å². The molecule has 0 bridgehead atoms. The number of anilines is 1. The van der Waals surface area contributed by atoms with Crippen molar-refractivity contribution in [3.8, 4) is 0 Å². The van der Waals surface area contributed by atoms with Crippen molar-refractivity contribution in [3.63, 3.8) is 0 Å². The number of para-hydroxylation sites is 1. The van der Waals surface area contributed by atoms with Crippen molar-refractivity contribution in [2.75, 3.05) is 5.32 Å². The van der Waals surface area contributed by atoms with E-state index >= 15 is 0 Å². The highest BCUT2D eigenvalue weighted by molar-refractivity contribution is 7.99. The summed E-state index contributed by atoms with van der Waals surface area (Å²) in [6, 6.07) is 19.9. The zero-order chi connectivity index (χ0) is 12.4. The van der Waals surface area contributed by atoms with Crippen molar-refractivity contribution in [2.24, 2.45) is 0 Å². The van der Waals surface area contributed by atoms with Crippen molar-refractivity contribution < 1.29 is 0 Å². The molecule has 2 unspecified atom stereocenters. The predicted molar refractivity (Wildman–Crippen MR) is 79.2 cm³/mol. The van der Waals surface area contributed by atoms with Gasteiger partial charge in [0.05, 0.1) is 0 Å². The van der Waals surface area contributed by atoms with Crippen LogP contribution in [-0.4, -0.2) is 6.04 Å². The number of hydrogen-bond donors (Lipinski definition) is 1. The van der Waals surface area contributed by atoms with Gasteiger partial charge in [-0.2, -0.15) is 0 Å². The lowest BCUT2D eigenvalue weighted by Crippen LogP contribution is -2.23. The number of hydrogen-bond acceptors (Lipinski definition) is 2. The Kier molecular flexibility index (Phi) is 3.28. The molecule has 1 aliphatic rings. The first-order valence-electron chi connectivity index (χ1n) is 6.40. The molecule has 92 valence electrons. The zero-order valence-corrected chi connectivity index (χ0v) is 11.3. The van der Waals surface area contributed by atoms with E-state index < -0.39 is 0 Å². The van der Waals surface area contributed by atoms with Gasteiger partial charge in [-0.3, -0.25) is 0 Å².